The largest absolute Gasteiger partial charge is 0.381 e. The standard InChI is InChI=1S/C12H18ClN3O4S/c1-7(9-3-5-20-6-4-9)14-12(17)10-11(21(13,18)19)8(2)15-16-10/h7,9H,3-6H2,1-2H3,(H,14,17)(H,15,16). The van der Waals surface area contributed by atoms with Crippen LogP contribution in [0.3, 0.4) is 0 Å². The summed E-state index contributed by atoms with van der Waals surface area (Å²) in [5.74, 6) is -0.239. The number of hydrogen-bond donors (Lipinski definition) is 2. The minimum Gasteiger partial charge on any atom is -0.381 e. The number of aromatic nitrogens is 2. The van der Waals surface area contributed by atoms with Crippen LogP contribution in [0.15, 0.2) is 4.90 Å². The molecular weight excluding hydrogens is 318 g/mol. The molecule has 1 amide bonds. The number of carbonyl (C=O) groups excluding carboxylic acids is 1. The Kier molecular flexibility index (Phi) is 4.90. The third-order valence-electron chi connectivity index (χ3n) is 3.68. The summed E-state index contributed by atoms with van der Waals surface area (Å²) in [6.07, 6.45) is 1.73. The molecule has 1 fully saturated rings. The fourth-order valence-corrected chi connectivity index (χ4v) is 3.83. The summed E-state index contributed by atoms with van der Waals surface area (Å²) in [6, 6.07) is -0.0933. The van der Waals surface area contributed by atoms with Crippen LogP contribution in [0, 0.1) is 12.8 Å². The molecule has 0 spiro atoms. The number of aryl methyl sites for hydroxylation is 1. The lowest BCUT2D eigenvalue weighted by Crippen LogP contribution is -2.40. The van der Waals surface area contributed by atoms with Crippen molar-refractivity contribution in [1.29, 1.82) is 0 Å². The Morgan fingerprint density at radius 2 is 2.10 bits per heavy atom. The van der Waals surface area contributed by atoms with E-state index >= 15 is 0 Å². The predicted molar refractivity (Wildman–Crippen MR) is 76.8 cm³/mol. The predicted octanol–water partition coefficient (Wildman–Crippen LogP) is 1.19. The van der Waals surface area contributed by atoms with Gasteiger partial charge >= 0.3 is 0 Å². The third kappa shape index (κ3) is 3.75. The summed E-state index contributed by atoms with van der Waals surface area (Å²) in [4.78, 5) is 12.0. The molecule has 118 valence electrons. The number of amides is 1. The highest BCUT2D eigenvalue weighted by molar-refractivity contribution is 8.13. The Morgan fingerprint density at radius 3 is 2.67 bits per heavy atom. The van der Waals surface area contributed by atoms with Crippen LogP contribution in [-0.2, 0) is 13.8 Å². The van der Waals surface area contributed by atoms with E-state index in [4.69, 9.17) is 15.4 Å². The van der Waals surface area contributed by atoms with Crippen molar-refractivity contribution < 1.29 is 17.9 Å². The highest BCUT2D eigenvalue weighted by Gasteiger charge is 2.29. The Morgan fingerprint density at radius 1 is 1.48 bits per heavy atom. The van der Waals surface area contributed by atoms with Gasteiger partial charge in [-0.05, 0) is 32.6 Å². The van der Waals surface area contributed by atoms with Crippen molar-refractivity contribution in [3.63, 3.8) is 0 Å². The average Bonchev–Trinajstić information content (AvgIpc) is 2.81. The number of halogens is 1. The van der Waals surface area contributed by atoms with Crippen molar-refractivity contribution >= 4 is 25.6 Å². The number of rotatable bonds is 4. The number of nitrogens with one attached hydrogen (secondary N) is 2. The molecule has 1 aromatic heterocycles. The smallest absolute Gasteiger partial charge is 0.273 e. The van der Waals surface area contributed by atoms with Gasteiger partial charge in [-0.3, -0.25) is 9.89 Å². The van der Waals surface area contributed by atoms with Gasteiger partial charge < -0.3 is 10.1 Å². The highest BCUT2D eigenvalue weighted by Crippen LogP contribution is 2.23. The van der Waals surface area contributed by atoms with E-state index in [1.54, 1.807) is 0 Å². The molecule has 2 heterocycles. The molecule has 0 radical (unpaired) electrons. The monoisotopic (exact) mass is 335 g/mol. The van der Waals surface area contributed by atoms with Crippen molar-refractivity contribution in [2.45, 2.75) is 37.6 Å². The van der Waals surface area contributed by atoms with E-state index in [0.29, 0.717) is 19.1 Å². The van der Waals surface area contributed by atoms with Gasteiger partial charge in [-0.2, -0.15) is 5.10 Å². The molecule has 9 heteroatoms. The summed E-state index contributed by atoms with van der Waals surface area (Å²) in [7, 11) is 1.33. The molecule has 2 rings (SSSR count). The molecular formula is C12H18ClN3O4S. The van der Waals surface area contributed by atoms with Crippen molar-refractivity contribution in [2.75, 3.05) is 13.2 Å². The zero-order valence-electron chi connectivity index (χ0n) is 11.8. The van der Waals surface area contributed by atoms with Gasteiger partial charge in [0.1, 0.15) is 4.90 Å². The fourth-order valence-electron chi connectivity index (χ4n) is 2.48. The Balaban J connectivity index is 2.14. The van der Waals surface area contributed by atoms with Crippen LogP contribution < -0.4 is 5.32 Å². The maximum atomic E-state index is 12.2. The van der Waals surface area contributed by atoms with Gasteiger partial charge in [0.2, 0.25) is 0 Å². The van der Waals surface area contributed by atoms with Crippen molar-refractivity contribution in [2.24, 2.45) is 5.92 Å². The third-order valence-corrected chi connectivity index (χ3v) is 5.13. The van der Waals surface area contributed by atoms with E-state index in [1.165, 1.54) is 6.92 Å². The molecule has 0 bridgehead atoms. The molecule has 0 saturated carbocycles. The first-order chi connectivity index (χ1) is 9.80. The van der Waals surface area contributed by atoms with Gasteiger partial charge in [-0.25, -0.2) is 8.42 Å². The average molecular weight is 336 g/mol. The Labute approximate surface area is 127 Å². The van der Waals surface area contributed by atoms with Crippen molar-refractivity contribution in [1.82, 2.24) is 15.5 Å². The first-order valence-corrected chi connectivity index (χ1v) is 9.00. The summed E-state index contributed by atoms with van der Waals surface area (Å²) in [5, 5.41) is 9.03. The molecule has 1 aromatic rings. The number of aromatic amines is 1. The Hall–Kier alpha value is -1.12. The Bertz CT molecular complexity index is 622. The summed E-state index contributed by atoms with van der Waals surface area (Å²) in [5.41, 5.74) is 0.0512. The zero-order chi connectivity index (χ0) is 15.6. The van der Waals surface area contributed by atoms with Gasteiger partial charge in [-0.15, -0.1) is 0 Å². The van der Waals surface area contributed by atoms with Gasteiger partial charge in [0, 0.05) is 29.9 Å². The van der Waals surface area contributed by atoms with Crippen molar-refractivity contribution in [3.8, 4) is 0 Å². The zero-order valence-corrected chi connectivity index (χ0v) is 13.4. The molecule has 21 heavy (non-hydrogen) atoms. The summed E-state index contributed by atoms with van der Waals surface area (Å²) < 4.78 is 28.4. The van der Waals surface area contributed by atoms with Crippen LogP contribution >= 0.6 is 10.7 Å². The fraction of sp³-hybridized carbons (Fsp3) is 0.667. The number of H-pyrrole nitrogens is 1. The van der Waals surface area contributed by atoms with Crippen LogP contribution in [0.5, 0.6) is 0 Å². The lowest BCUT2D eigenvalue weighted by molar-refractivity contribution is 0.0537. The molecule has 1 saturated heterocycles. The van der Waals surface area contributed by atoms with Crippen LogP contribution in [0.25, 0.3) is 0 Å². The molecule has 7 nitrogen and oxygen atoms in total. The lowest BCUT2D eigenvalue weighted by atomic mass is 9.93. The van der Waals surface area contributed by atoms with Crippen LogP contribution in [0.4, 0.5) is 0 Å². The topological polar surface area (TPSA) is 101 Å². The maximum absolute atomic E-state index is 12.2. The van der Waals surface area contributed by atoms with Crippen LogP contribution in [0.2, 0.25) is 0 Å². The molecule has 2 N–H and O–H groups in total. The second-order valence-corrected chi connectivity index (χ2v) is 7.68. The molecule has 0 aliphatic carbocycles. The van der Waals surface area contributed by atoms with E-state index in [-0.39, 0.29) is 22.3 Å². The summed E-state index contributed by atoms with van der Waals surface area (Å²) >= 11 is 0. The van der Waals surface area contributed by atoms with E-state index in [1.807, 2.05) is 6.92 Å². The first-order valence-electron chi connectivity index (χ1n) is 6.69. The number of ether oxygens (including phenoxy) is 1. The molecule has 0 aromatic carbocycles. The van der Waals surface area contributed by atoms with E-state index in [0.717, 1.165) is 12.8 Å². The maximum Gasteiger partial charge on any atom is 0.273 e. The molecule has 1 aliphatic rings. The van der Waals surface area contributed by atoms with Crippen molar-refractivity contribution in [3.05, 3.63) is 11.4 Å². The number of hydrogen-bond acceptors (Lipinski definition) is 5. The quantitative estimate of drug-likeness (QED) is 0.805. The van der Waals surface area contributed by atoms with E-state index < -0.39 is 15.0 Å². The summed E-state index contributed by atoms with van der Waals surface area (Å²) in [6.45, 7) is 4.74. The van der Waals surface area contributed by atoms with Gasteiger partial charge in [-0.1, -0.05) is 0 Å². The molecule has 1 aliphatic heterocycles. The highest BCUT2D eigenvalue weighted by atomic mass is 35.7. The van der Waals surface area contributed by atoms with Gasteiger partial charge in [0.25, 0.3) is 15.0 Å². The van der Waals surface area contributed by atoms with E-state index in [9.17, 15) is 13.2 Å². The second kappa shape index (κ2) is 6.33. The number of nitrogens with zero attached hydrogens (tertiary/aromatic N) is 1. The minimum atomic E-state index is -4.03. The minimum absolute atomic E-state index is 0.0933. The number of carbonyl (C=O) groups is 1. The SMILES string of the molecule is Cc1[nH]nc(C(=O)NC(C)C2CCOCC2)c1S(=O)(=O)Cl. The molecule has 1 unspecified atom stereocenters. The molecule has 1 atom stereocenters. The lowest BCUT2D eigenvalue weighted by Gasteiger charge is -2.28. The first kappa shape index (κ1) is 16.3. The van der Waals surface area contributed by atoms with Crippen LogP contribution in [-0.4, -0.2) is 43.8 Å². The van der Waals surface area contributed by atoms with Gasteiger partial charge in [0.15, 0.2) is 5.69 Å². The van der Waals surface area contributed by atoms with Crippen LogP contribution in [0.1, 0.15) is 35.9 Å². The normalized spacial score (nSPS) is 18.4. The van der Waals surface area contributed by atoms with Gasteiger partial charge in [0.05, 0.1) is 5.69 Å². The van der Waals surface area contributed by atoms with E-state index in [2.05, 4.69) is 15.5 Å². The second-order valence-electron chi connectivity index (χ2n) is 5.18.